The van der Waals surface area contributed by atoms with Crippen LogP contribution in [0.5, 0.6) is 0 Å². The van der Waals surface area contributed by atoms with Gasteiger partial charge in [0.05, 0.1) is 17.7 Å². The number of carbonyl (C=O) groups is 1. The molecule has 1 unspecified atom stereocenters. The number of amides is 1. The lowest BCUT2D eigenvalue weighted by atomic mass is 10.1. The minimum Gasteiger partial charge on any atom is -0.368 e. The topological polar surface area (TPSA) is 70.1 Å². The Labute approximate surface area is 95.3 Å². The maximum Gasteiger partial charge on any atom is 0.234 e. The molecule has 2 N–H and O–H groups in total. The first-order valence-electron chi connectivity index (χ1n) is 5.03. The van der Waals surface area contributed by atoms with Gasteiger partial charge in [0.1, 0.15) is 0 Å². The van der Waals surface area contributed by atoms with E-state index in [9.17, 15) is 4.79 Å². The van der Waals surface area contributed by atoms with Crippen LogP contribution in [0.3, 0.4) is 0 Å². The van der Waals surface area contributed by atoms with Crippen LogP contribution in [0.1, 0.15) is 18.1 Å². The summed E-state index contributed by atoms with van der Waals surface area (Å²) in [6, 6.07) is 9.08. The minimum absolute atomic E-state index is 0.314. The van der Waals surface area contributed by atoms with Gasteiger partial charge in [-0.2, -0.15) is 5.26 Å². The Hall–Kier alpha value is -1.86. The number of likely N-dealkylation sites (N-methyl/N-ethyl adjacent to an activating group) is 1. The molecule has 0 aliphatic carbocycles. The van der Waals surface area contributed by atoms with Crippen LogP contribution in [0.2, 0.25) is 0 Å². The van der Waals surface area contributed by atoms with Crippen molar-refractivity contribution in [3.8, 4) is 6.07 Å². The van der Waals surface area contributed by atoms with Crippen LogP contribution in [0.15, 0.2) is 24.3 Å². The Morgan fingerprint density at radius 1 is 1.62 bits per heavy atom. The highest BCUT2D eigenvalue weighted by Crippen LogP contribution is 2.08. The van der Waals surface area contributed by atoms with E-state index in [-0.39, 0.29) is 11.9 Å². The lowest BCUT2D eigenvalue weighted by Gasteiger charge is -2.21. The Morgan fingerprint density at radius 2 is 2.31 bits per heavy atom. The summed E-state index contributed by atoms with van der Waals surface area (Å²) in [6.07, 6.45) is 0. The molecule has 0 fully saturated rings. The van der Waals surface area contributed by atoms with E-state index in [1.807, 2.05) is 30.1 Å². The highest BCUT2D eigenvalue weighted by atomic mass is 16.1. The molecule has 0 spiro atoms. The summed E-state index contributed by atoms with van der Waals surface area (Å²) in [5.74, 6) is -0.348. The van der Waals surface area contributed by atoms with E-state index >= 15 is 0 Å². The van der Waals surface area contributed by atoms with Crippen LogP contribution in [0.4, 0.5) is 0 Å². The van der Waals surface area contributed by atoms with Gasteiger partial charge in [-0.15, -0.1) is 0 Å². The third kappa shape index (κ3) is 3.07. The van der Waals surface area contributed by atoms with Crippen molar-refractivity contribution in [3.63, 3.8) is 0 Å². The van der Waals surface area contributed by atoms with Gasteiger partial charge in [0, 0.05) is 6.54 Å². The van der Waals surface area contributed by atoms with Crippen LogP contribution in [-0.4, -0.2) is 23.9 Å². The van der Waals surface area contributed by atoms with E-state index in [4.69, 9.17) is 11.0 Å². The molecule has 4 nitrogen and oxygen atoms in total. The van der Waals surface area contributed by atoms with Gasteiger partial charge in [-0.25, -0.2) is 0 Å². The molecule has 1 amide bonds. The number of nitrogens with zero attached hydrogens (tertiary/aromatic N) is 2. The predicted molar refractivity (Wildman–Crippen MR) is 61.3 cm³/mol. The van der Waals surface area contributed by atoms with E-state index in [1.165, 1.54) is 0 Å². The number of hydrogen-bond donors (Lipinski definition) is 1. The third-order valence-electron chi connectivity index (χ3n) is 2.56. The third-order valence-corrected chi connectivity index (χ3v) is 2.56. The van der Waals surface area contributed by atoms with Gasteiger partial charge in [-0.1, -0.05) is 12.1 Å². The average molecular weight is 217 g/mol. The molecule has 1 atom stereocenters. The molecule has 0 heterocycles. The average Bonchev–Trinajstić information content (AvgIpc) is 2.28. The number of nitriles is 1. The first-order chi connectivity index (χ1) is 7.54. The van der Waals surface area contributed by atoms with Gasteiger partial charge in [-0.3, -0.25) is 9.69 Å². The van der Waals surface area contributed by atoms with E-state index in [0.29, 0.717) is 12.1 Å². The van der Waals surface area contributed by atoms with Gasteiger partial charge in [0.25, 0.3) is 0 Å². The fraction of sp³-hybridized carbons (Fsp3) is 0.333. The molecule has 0 radical (unpaired) electrons. The van der Waals surface area contributed by atoms with Crippen LogP contribution < -0.4 is 5.73 Å². The van der Waals surface area contributed by atoms with E-state index in [0.717, 1.165) is 5.56 Å². The van der Waals surface area contributed by atoms with Crippen LogP contribution in [-0.2, 0) is 11.3 Å². The predicted octanol–water partition coefficient (Wildman–Crippen LogP) is 0.864. The molecule has 1 aromatic rings. The molecular weight excluding hydrogens is 202 g/mol. The number of rotatable bonds is 4. The van der Waals surface area contributed by atoms with Gasteiger partial charge >= 0.3 is 0 Å². The Morgan fingerprint density at radius 3 is 2.88 bits per heavy atom. The standard InChI is InChI=1S/C12H15N3O/c1-9(12(14)16)15(2)8-11-5-3-4-10(6-11)7-13/h3-6,9H,8H2,1-2H3,(H2,14,16). The van der Waals surface area contributed by atoms with Gasteiger partial charge in [0.2, 0.25) is 5.91 Å². The van der Waals surface area contributed by atoms with Crippen molar-refractivity contribution in [3.05, 3.63) is 35.4 Å². The first-order valence-corrected chi connectivity index (χ1v) is 5.03. The van der Waals surface area contributed by atoms with Gasteiger partial charge < -0.3 is 5.73 Å². The number of hydrogen-bond acceptors (Lipinski definition) is 3. The van der Waals surface area contributed by atoms with Crippen LogP contribution >= 0.6 is 0 Å². The second-order valence-electron chi connectivity index (χ2n) is 3.81. The van der Waals surface area contributed by atoms with E-state index in [2.05, 4.69) is 6.07 Å². The summed E-state index contributed by atoms with van der Waals surface area (Å²) in [7, 11) is 1.83. The van der Waals surface area contributed by atoms with Gasteiger partial charge in [0.15, 0.2) is 0 Å². The van der Waals surface area contributed by atoms with E-state index < -0.39 is 0 Å². The number of nitrogens with two attached hydrogens (primary N) is 1. The monoisotopic (exact) mass is 217 g/mol. The van der Waals surface area contributed by atoms with Crippen molar-refractivity contribution in [2.75, 3.05) is 7.05 Å². The maximum absolute atomic E-state index is 11.0. The van der Waals surface area contributed by atoms with Crippen molar-refractivity contribution in [2.45, 2.75) is 19.5 Å². The van der Waals surface area contributed by atoms with Crippen molar-refractivity contribution >= 4 is 5.91 Å². The van der Waals surface area contributed by atoms with Gasteiger partial charge in [-0.05, 0) is 31.7 Å². The fourth-order valence-corrected chi connectivity index (χ4v) is 1.38. The van der Waals surface area contributed by atoms with Crippen LogP contribution in [0, 0.1) is 11.3 Å². The number of carbonyl (C=O) groups excluding carboxylic acids is 1. The summed E-state index contributed by atoms with van der Waals surface area (Å²) in [4.78, 5) is 12.8. The molecule has 0 aromatic heterocycles. The fourth-order valence-electron chi connectivity index (χ4n) is 1.38. The Kier molecular flexibility index (Phi) is 4.03. The van der Waals surface area contributed by atoms with Crippen molar-refractivity contribution in [1.29, 1.82) is 5.26 Å². The Bertz CT molecular complexity index is 423. The molecule has 0 bridgehead atoms. The zero-order valence-corrected chi connectivity index (χ0v) is 9.47. The summed E-state index contributed by atoms with van der Waals surface area (Å²) < 4.78 is 0. The summed E-state index contributed by atoms with van der Waals surface area (Å²) >= 11 is 0. The molecular formula is C12H15N3O. The summed E-state index contributed by atoms with van der Waals surface area (Å²) in [5, 5.41) is 8.76. The molecule has 1 aromatic carbocycles. The molecule has 0 aliphatic heterocycles. The van der Waals surface area contributed by atoms with Crippen LogP contribution in [0.25, 0.3) is 0 Å². The minimum atomic E-state index is -0.348. The lowest BCUT2D eigenvalue weighted by molar-refractivity contribution is -0.122. The van der Waals surface area contributed by atoms with E-state index in [1.54, 1.807) is 13.0 Å². The highest BCUT2D eigenvalue weighted by molar-refractivity contribution is 5.79. The highest BCUT2D eigenvalue weighted by Gasteiger charge is 2.14. The lowest BCUT2D eigenvalue weighted by Crippen LogP contribution is -2.39. The smallest absolute Gasteiger partial charge is 0.234 e. The normalized spacial score (nSPS) is 12.1. The molecule has 1 rings (SSSR count). The second kappa shape index (κ2) is 5.29. The molecule has 84 valence electrons. The largest absolute Gasteiger partial charge is 0.368 e. The summed E-state index contributed by atoms with van der Waals surface area (Å²) in [5.41, 5.74) is 6.83. The zero-order chi connectivity index (χ0) is 12.1. The molecule has 16 heavy (non-hydrogen) atoms. The zero-order valence-electron chi connectivity index (χ0n) is 9.47. The second-order valence-corrected chi connectivity index (χ2v) is 3.81. The van der Waals surface area contributed by atoms with Crippen molar-refractivity contribution in [1.82, 2.24) is 4.90 Å². The number of benzene rings is 1. The van der Waals surface area contributed by atoms with Crippen molar-refractivity contribution < 1.29 is 4.79 Å². The Balaban J connectivity index is 2.73. The number of primary amides is 1. The molecule has 0 saturated carbocycles. The first kappa shape index (κ1) is 12.2. The molecule has 4 heteroatoms. The maximum atomic E-state index is 11.0. The molecule has 0 aliphatic rings. The molecule has 0 saturated heterocycles. The summed E-state index contributed by atoms with van der Waals surface area (Å²) in [6.45, 7) is 2.36. The SMILES string of the molecule is CC(C(N)=O)N(C)Cc1cccc(C#N)c1. The quantitative estimate of drug-likeness (QED) is 0.813. The van der Waals surface area contributed by atoms with Crippen molar-refractivity contribution in [2.24, 2.45) is 5.73 Å².